The predicted octanol–water partition coefficient (Wildman–Crippen LogP) is 3.79. The molecule has 0 unspecified atom stereocenters. The maximum atomic E-state index is 10.9. The van der Waals surface area contributed by atoms with Crippen LogP contribution < -0.4 is 0 Å². The molecule has 0 saturated heterocycles. The highest BCUT2D eigenvalue weighted by atomic mass is 35.5. The first-order valence-corrected chi connectivity index (χ1v) is 8.42. The molecule has 0 fully saturated rings. The van der Waals surface area contributed by atoms with Crippen molar-refractivity contribution in [1.82, 2.24) is 14.5 Å². The molecular formula is C19H15ClN4O. The molecule has 0 aliphatic carbocycles. The van der Waals surface area contributed by atoms with Crippen LogP contribution in [-0.4, -0.2) is 26.5 Å². The van der Waals surface area contributed by atoms with E-state index >= 15 is 0 Å². The zero-order valence-corrected chi connectivity index (χ0v) is 14.1. The topological polar surface area (TPSA) is 60.1 Å². The summed E-state index contributed by atoms with van der Waals surface area (Å²) in [4.78, 5) is 24.8. The van der Waals surface area contributed by atoms with Crippen LogP contribution >= 0.6 is 11.6 Å². The second-order valence-electron chi connectivity index (χ2n) is 5.77. The standard InChI is InChI=1S/C19H15ClN4O/c20-13-6-7-17-14(12-13)18(15-4-1-2-8-21-15)23-16(5-3-11-25)19-22-9-10-24(17)19/h1-2,4,6-12,16H,3,5H2/t16-/m0/s1. The summed E-state index contributed by atoms with van der Waals surface area (Å²) < 4.78 is 2.01. The van der Waals surface area contributed by atoms with Crippen LogP contribution in [0.1, 0.15) is 36.0 Å². The number of aliphatic imine (C=N–C) groups is 1. The fraction of sp³-hybridized carbons (Fsp3) is 0.158. The summed E-state index contributed by atoms with van der Waals surface area (Å²) in [6, 6.07) is 11.2. The average Bonchev–Trinajstić information content (AvgIpc) is 3.08. The van der Waals surface area contributed by atoms with Gasteiger partial charge in [0.15, 0.2) is 0 Å². The fourth-order valence-corrected chi connectivity index (χ4v) is 3.25. The molecule has 0 saturated carbocycles. The zero-order valence-electron chi connectivity index (χ0n) is 13.3. The van der Waals surface area contributed by atoms with Crippen LogP contribution in [0.5, 0.6) is 0 Å². The molecule has 1 aliphatic rings. The van der Waals surface area contributed by atoms with E-state index in [4.69, 9.17) is 16.6 Å². The Morgan fingerprint density at radius 3 is 2.88 bits per heavy atom. The SMILES string of the molecule is O=CCC[C@@H]1N=C(c2ccccn2)c2cc(Cl)ccc2-n2ccnc21. The van der Waals surface area contributed by atoms with E-state index < -0.39 is 0 Å². The molecule has 0 spiro atoms. The first-order chi connectivity index (χ1) is 12.3. The Morgan fingerprint density at radius 1 is 1.16 bits per heavy atom. The number of aldehydes is 1. The molecular weight excluding hydrogens is 336 g/mol. The predicted molar refractivity (Wildman–Crippen MR) is 96.5 cm³/mol. The number of imidazole rings is 1. The number of aromatic nitrogens is 3. The van der Waals surface area contributed by atoms with Gasteiger partial charge in [-0.25, -0.2) is 4.98 Å². The first kappa shape index (κ1) is 15.7. The number of fused-ring (bicyclic) bond motifs is 3. The van der Waals surface area contributed by atoms with Crippen LogP contribution in [0.3, 0.4) is 0 Å². The second kappa shape index (κ2) is 6.61. The molecule has 5 nitrogen and oxygen atoms in total. The van der Waals surface area contributed by atoms with Crippen molar-refractivity contribution in [1.29, 1.82) is 0 Å². The number of carbonyl (C=O) groups excluding carboxylic acids is 1. The number of halogens is 1. The number of pyridine rings is 1. The molecule has 4 rings (SSSR count). The van der Waals surface area contributed by atoms with Gasteiger partial charge >= 0.3 is 0 Å². The monoisotopic (exact) mass is 350 g/mol. The van der Waals surface area contributed by atoms with Crippen LogP contribution in [0.2, 0.25) is 5.02 Å². The van der Waals surface area contributed by atoms with E-state index in [1.165, 1.54) is 0 Å². The van der Waals surface area contributed by atoms with Crippen LogP contribution in [0.4, 0.5) is 0 Å². The fourth-order valence-electron chi connectivity index (χ4n) is 3.08. The van der Waals surface area contributed by atoms with Gasteiger partial charge in [-0.3, -0.25) is 9.98 Å². The number of hydrogen-bond donors (Lipinski definition) is 0. The van der Waals surface area contributed by atoms with Gasteiger partial charge in [-0.05, 0) is 36.8 Å². The minimum atomic E-state index is -0.219. The van der Waals surface area contributed by atoms with E-state index in [9.17, 15) is 4.79 Å². The Kier molecular flexibility index (Phi) is 4.15. The summed E-state index contributed by atoms with van der Waals surface area (Å²) in [6.07, 6.45) is 7.34. The van der Waals surface area contributed by atoms with Crippen molar-refractivity contribution < 1.29 is 4.79 Å². The minimum Gasteiger partial charge on any atom is -0.303 e. The van der Waals surface area contributed by atoms with Crippen LogP contribution in [0.15, 0.2) is 60.0 Å². The van der Waals surface area contributed by atoms with Gasteiger partial charge in [0.05, 0.1) is 17.1 Å². The highest BCUT2D eigenvalue weighted by Crippen LogP contribution is 2.33. The van der Waals surface area contributed by atoms with Gasteiger partial charge in [0.2, 0.25) is 0 Å². The van der Waals surface area contributed by atoms with Crippen molar-refractivity contribution in [3.8, 4) is 5.69 Å². The summed E-state index contributed by atoms with van der Waals surface area (Å²) in [6.45, 7) is 0. The molecule has 2 aromatic heterocycles. The molecule has 0 radical (unpaired) electrons. The quantitative estimate of drug-likeness (QED) is 0.672. The molecule has 6 heteroatoms. The lowest BCUT2D eigenvalue weighted by Crippen LogP contribution is -2.08. The first-order valence-electron chi connectivity index (χ1n) is 8.04. The molecule has 124 valence electrons. The third kappa shape index (κ3) is 2.87. The largest absolute Gasteiger partial charge is 0.303 e. The molecule has 1 aliphatic heterocycles. The lowest BCUT2D eigenvalue weighted by molar-refractivity contribution is -0.108. The lowest BCUT2D eigenvalue weighted by atomic mass is 10.0. The van der Waals surface area contributed by atoms with E-state index in [0.29, 0.717) is 17.9 Å². The number of nitrogens with zero attached hydrogens (tertiary/aromatic N) is 4. The van der Waals surface area contributed by atoms with Crippen molar-refractivity contribution in [2.45, 2.75) is 18.9 Å². The lowest BCUT2D eigenvalue weighted by Gasteiger charge is -2.11. The summed E-state index contributed by atoms with van der Waals surface area (Å²) in [7, 11) is 0. The van der Waals surface area contributed by atoms with Gasteiger partial charge in [0.25, 0.3) is 0 Å². The molecule has 0 N–H and O–H groups in total. The average molecular weight is 351 g/mol. The van der Waals surface area contributed by atoms with Crippen LogP contribution in [0, 0.1) is 0 Å². The summed E-state index contributed by atoms with van der Waals surface area (Å²) >= 11 is 6.26. The Labute approximate surface area is 150 Å². The summed E-state index contributed by atoms with van der Waals surface area (Å²) in [5.41, 5.74) is 3.39. The third-order valence-corrected chi connectivity index (χ3v) is 4.43. The second-order valence-corrected chi connectivity index (χ2v) is 6.21. The number of carbonyl (C=O) groups is 1. The smallest absolute Gasteiger partial charge is 0.138 e. The highest BCUT2D eigenvalue weighted by molar-refractivity contribution is 6.31. The van der Waals surface area contributed by atoms with E-state index in [1.54, 1.807) is 12.4 Å². The van der Waals surface area contributed by atoms with E-state index in [2.05, 4.69) is 9.97 Å². The number of hydrogen-bond acceptors (Lipinski definition) is 4. The summed E-state index contributed by atoms with van der Waals surface area (Å²) in [5.74, 6) is 0.816. The molecule has 3 aromatic rings. The van der Waals surface area contributed by atoms with Gasteiger partial charge < -0.3 is 9.36 Å². The van der Waals surface area contributed by atoms with Crippen molar-refractivity contribution in [3.05, 3.63) is 77.1 Å². The van der Waals surface area contributed by atoms with Gasteiger partial charge in [0.1, 0.15) is 18.2 Å². The van der Waals surface area contributed by atoms with Crippen molar-refractivity contribution >= 4 is 23.6 Å². The Morgan fingerprint density at radius 2 is 2.08 bits per heavy atom. The van der Waals surface area contributed by atoms with Crippen LogP contribution in [-0.2, 0) is 4.79 Å². The summed E-state index contributed by atoms with van der Waals surface area (Å²) in [5, 5.41) is 0.635. The van der Waals surface area contributed by atoms with Crippen LogP contribution in [0.25, 0.3) is 5.69 Å². The van der Waals surface area contributed by atoms with Gasteiger partial charge in [-0.15, -0.1) is 0 Å². The van der Waals surface area contributed by atoms with Gasteiger partial charge in [-0.2, -0.15) is 0 Å². The Hall–Kier alpha value is -2.79. The van der Waals surface area contributed by atoms with E-state index in [1.807, 2.05) is 47.2 Å². The Balaban J connectivity index is 1.97. The zero-order chi connectivity index (χ0) is 17.2. The maximum Gasteiger partial charge on any atom is 0.138 e. The van der Waals surface area contributed by atoms with Crippen molar-refractivity contribution in [2.24, 2.45) is 4.99 Å². The maximum absolute atomic E-state index is 10.9. The van der Waals surface area contributed by atoms with E-state index in [-0.39, 0.29) is 6.04 Å². The molecule has 1 aromatic carbocycles. The van der Waals surface area contributed by atoms with Gasteiger partial charge in [0, 0.05) is 35.6 Å². The van der Waals surface area contributed by atoms with Crippen molar-refractivity contribution in [3.63, 3.8) is 0 Å². The third-order valence-electron chi connectivity index (χ3n) is 4.19. The number of rotatable bonds is 4. The molecule has 25 heavy (non-hydrogen) atoms. The Bertz CT molecular complexity index is 949. The number of benzene rings is 1. The minimum absolute atomic E-state index is 0.219. The highest BCUT2D eigenvalue weighted by Gasteiger charge is 2.26. The molecule has 1 atom stereocenters. The van der Waals surface area contributed by atoms with Crippen molar-refractivity contribution in [2.75, 3.05) is 0 Å². The molecule has 3 heterocycles. The van der Waals surface area contributed by atoms with Gasteiger partial charge in [-0.1, -0.05) is 17.7 Å². The molecule has 0 bridgehead atoms. The molecule has 0 amide bonds. The normalized spacial score (nSPS) is 15.7. The van der Waals surface area contributed by atoms with E-state index in [0.717, 1.165) is 34.8 Å².